The van der Waals surface area contributed by atoms with E-state index >= 15 is 0 Å². The third-order valence-electron chi connectivity index (χ3n) is 8.27. The molecule has 6 aromatic rings. The van der Waals surface area contributed by atoms with Gasteiger partial charge in [0.25, 0.3) is 0 Å². The van der Waals surface area contributed by atoms with Gasteiger partial charge in [-0.05, 0) is 45.0 Å². The first-order chi connectivity index (χ1) is 21.2. The Hall–Kier alpha value is -5.54. The highest BCUT2D eigenvalue weighted by Crippen LogP contribution is 2.56. The SMILES string of the molecule is NC(=NC(=NCc1ccccc1)c1ccc2c(c1)-c1ccccc1C2(c1ccccc1)c1ccccc1)c1ccccc1. The van der Waals surface area contributed by atoms with Crippen LogP contribution in [0.1, 0.15) is 38.9 Å². The third kappa shape index (κ3) is 4.75. The van der Waals surface area contributed by atoms with Crippen molar-refractivity contribution in [2.24, 2.45) is 15.7 Å². The maximum Gasteiger partial charge on any atom is 0.157 e. The van der Waals surface area contributed by atoms with Gasteiger partial charge in [0.15, 0.2) is 5.84 Å². The molecule has 0 saturated carbocycles. The minimum atomic E-state index is -0.444. The molecule has 43 heavy (non-hydrogen) atoms. The van der Waals surface area contributed by atoms with Crippen molar-refractivity contribution in [2.75, 3.05) is 0 Å². The number of fused-ring (bicyclic) bond motifs is 3. The van der Waals surface area contributed by atoms with Gasteiger partial charge in [0, 0.05) is 11.1 Å². The zero-order chi connectivity index (χ0) is 29.1. The first-order valence-corrected chi connectivity index (χ1v) is 14.6. The summed E-state index contributed by atoms with van der Waals surface area (Å²) in [6.45, 7) is 0.507. The molecule has 0 aliphatic heterocycles. The summed E-state index contributed by atoms with van der Waals surface area (Å²) in [5.41, 5.74) is 16.4. The quantitative estimate of drug-likeness (QED) is 0.163. The van der Waals surface area contributed by atoms with Gasteiger partial charge in [0.05, 0.1) is 12.0 Å². The summed E-state index contributed by atoms with van der Waals surface area (Å²) in [5, 5.41) is 0. The smallest absolute Gasteiger partial charge is 0.157 e. The van der Waals surface area contributed by atoms with Crippen molar-refractivity contribution in [3.05, 3.63) is 203 Å². The zero-order valence-corrected chi connectivity index (χ0v) is 23.8. The highest BCUT2D eigenvalue weighted by Gasteiger charge is 2.45. The monoisotopic (exact) mass is 553 g/mol. The van der Waals surface area contributed by atoms with Crippen molar-refractivity contribution in [3.8, 4) is 11.1 Å². The lowest BCUT2D eigenvalue weighted by Crippen LogP contribution is -2.28. The molecular weight excluding hydrogens is 522 g/mol. The van der Waals surface area contributed by atoms with Crippen LogP contribution in [0, 0.1) is 0 Å². The number of benzene rings is 6. The number of nitrogens with zero attached hydrogens (tertiary/aromatic N) is 2. The molecule has 0 unspecified atom stereocenters. The van der Waals surface area contributed by atoms with Crippen LogP contribution in [0.4, 0.5) is 0 Å². The highest BCUT2D eigenvalue weighted by atomic mass is 15.0. The lowest BCUT2D eigenvalue weighted by atomic mass is 9.67. The van der Waals surface area contributed by atoms with Gasteiger partial charge in [-0.3, -0.25) is 4.99 Å². The first kappa shape index (κ1) is 26.4. The van der Waals surface area contributed by atoms with Crippen LogP contribution < -0.4 is 5.73 Å². The van der Waals surface area contributed by atoms with Gasteiger partial charge in [-0.1, -0.05) is 158 Å². The molecule has 206 valence electrons. The largest absolute Gasteiger partial charge is 0.383 e. The van der Waals surface area contributed by atoms with Crippen LogP contribution in [-0.4, -0.2) is 11.7 Å². The van der Waals surface area contributed by atoms with E-state index < -0.39 is 5.41 Å². The van der Waals surface area contributed by atoms with Crippen LogP contribution in [0.2, 0.25) is 0 Å². The van der Waals surface area contributed by atoms with Crippen LogP contribution >= 0.6 is 0 Å². The average Bonchev–Trinajstić information content (AvgIpc) is 3.38. The van der Waals surface area contributed by atoms with Crippen LogP contribution in [0.25, 0.3) is 11.1 Å². The summed E-state index contributed by atoms with van der Waals surface area (Å²) >= 11 is 0. The molecular formula is C40H31N3. The Bertz CT molecular complexity index is 1890. The van der Waals surface area contributed by atoms with Crippen molar-refractivity contribution < 1.29 is 0 Å². The van der Waals surface area contributed by atoms with Gasteiger partial charge in [-0.2, -0.15) is 0 Å². The normalized spacial score (nSPS) is 13.8. The fourth-order valence-electron chi connectivity index (χ4n) is 6.32. The summed E-state index contributed by atoms with van der Waals surface area (Å²) in [4.78, 5) is 9.92. The molecule has 0 radical (unpaired) electrons. The lowest BCUT2D eigenvalue weighted by Gasteiger charge is -2.33. The molecule has 0 saturated heterocycles. The number of aliphatic imine (C=N–C) groups is 2. The van der Waals surface area contributed by atoms with Gasteiger partial charge in [0.2, 0.25) is 0 Å². The zero-order valence-electron chi connectivity index (χ0n) is 23.8. The molecule has 0 heterocycles. The Morgan fingerprint density at radius 1 is 0.512 bits per heavy atom. The topological polar surface area (TPSA) is 50.7 Å². The first-order valence-electron chi connectivity index (χ1n) is 14.6. The van der Waals surface area contributed by atoms with Crippen molar-refractivity contribution in [3.63, 3.8) is 0 Å². The Kier molecular flexibility index (Phi) is 6.98. The molecule has 1 aliphatic carbocycles. The second-order valence-corrected chi connectivity index (χ2v) is 10.8. The van der Waals surface area contributed by atoms with E-state index in [-0.39, 0.29) is 0 Å². The van der Waals surface area contributed by atoms with Crippen LogP contribution in [0.5, 0.6) is 0 Å². The summed E-state index contributed by atoms with van der Waals surface area (Å²) in [6.07, 6.45) is 0. The molecule has 1 aliphatic rings. The number of hydrogen-bond acceptors (Lipinski definition) is 1. The van der Waals surface area contributed by atoms with E-state index in [2.05, 4.69) is 115 Å². The maximum atomic E-state index is 6.56. The highest BCUT2D eigenvalue weighted by molar-refractivity contribution is 6.11. The minimum Gasteiger partial charge on any atom is -0.383 e. The predicted octanol–water partition coefficient (Wildman–Crippen LogP) is 8.40. The molecule has 0 fully saturated rings. The van der Waals surface area contributed by atoms with Crippen LogP contribution in [0.15, 0.2) is 174 Å². The Balaban J connectivity index is 1.44. The van der Waals surface area contributed by atoms with E-state index in [4.69, 9.17) is 15.7 Å². The summed E-state index contributed by atoms with van der Waals surface area (Å²) in [6, 6.07) is 57.2. The summed E-state index contributed by atoms with van der Waals surface area (Å²) in [7, 11) is 0. The molecule has 0 bridgehead atoms. The van der Waals surface area contributed by atoms with Gasteiger partial charge in [-0.15, -0.1) is 0 Å². The minimum absolute atomic E-state index is 0.441. The molecule has 2 N–H and O–H groups in total. The number of rotatable bonds is 6. The summed E-state index contributed by atoms with van der Waals surface area (Å²) < 4.78 is 0. The van der Waals surface area contributed by atoms with E-state index in [1.165, 1.54) is 33.4 Å². The maximum absolute atomic E-state index is 6.56. The second-order valence-electron chi connectivity index (χ2n) is 10.8. The summed E-state index contributed by atoms with van der Waals surface area (Å²) in [5.74, 6) is 1.05. The van der Waals surface area contributed by atoms with E-state index in [9.17, 15) is 0 Å². The van der Waals surface area contributed by atoms with Gasteiger partial charge < -0.3 is 5.73 Å². The Morgan fingerprint density at radius 3 is 1.70 bits per heavy atom. The molecule has 6 aromatic carbocycles. The van der Waals surface area contributed by atoms with E-state index in [1.807, 2.05) is 48.5 Å². The average molecular weight is 554 g/mol. The van der Waals surface area contributed by atoms with E-state index in [0.29, 0.717) is 18.2 Å². The molecule has 7 rings (SSSR count). The molecule has 0 spiro atoms. The van der Waals surface area contributed by atoms with Crippen molar-refractivity contribution >= 4 is 11.7 Å². The number of nitrogens with two attached hydrogens (primary N) is 1. The van der Waals surface area contributed by atoms with Crippen molar-refractivity contribution in [1.82, 2.24) is 0 Å². The predicted molar refractivity (Wildman–Crippen MR) is 178 cm³/mol. The van der Waals surface area contributed by atoms with Crippen molar-refractivity contribution in [2.45, 2.75) is 12.0 Å². The third-order valence-corrected chi connectivity index (χ3v) is 8.27. The van der Waals surface area contributed by atoms with Gasteiger partial charge >= 0.3 is 0 Å². The lowest BCUT2D eigenvalue weighted by molar-refractivity contribution is 0.768. The molecule has 0 amide bonds. The van der Waals surface area contributed by atoms with E-state index in [0.717, 1.165) is 16.7 Å². The molecule has 3 nitrogen and oxygen atoms in total. The number of hydrogen-bond donors (Lipinski definition) is 1. The Labute approximate surface area is 252 Å². The van der Waals surface area contributed by atoms with Crippen molar-refractivity contribution in [1.29, 1.82) is 0 Å². The van der Waals surface area contributed by atoms with Gasteiger partial charge in [-0.25, -0.2) is 4.99 Å². The fourth-order valence-corrected chi connectivity index (χ4v) is 6.32. The van der Waals surface area contributed by atoms with E-state index in [1.54, 1.807) is 0 Å². The number of amidine groups is 2. The van der Waals surface area contributed by atoms with Crippen LogP contribution in [-0.2, 0) is 12.0 Å². The molecule has 0 atom stereocenters. The molecule has 0 aromatic heterocycles. The standard InChI is InChI=1S/C40H31N3/c41-38(30-17-7-2-8-18-30)43-39(42-28-29-15-5-1-6-16-29)31-25-26-37-35(27-31)34-23-13-14-24-36(34)40(37,32-19-9-3-10-20-32)33-21-11-4-12-22-33/h1-27H,28H2,(H2,41,42,43). The van der Waals surface area contributed by atoms with Crippen LogP contribution in [0.3, 0.4) is 0 Å². The molecule has 3 heteroatoms. The fraction of sp³-hybridized carbons (Fsp3) is 0.0500. The van der Waals surface area contributed by atoms with Gasteiger partial charge in [0.1, 0.15) is 5.84 Å². The second kappa shape index (κ2) is 11.4. The Morgan fingerprint density at radius 2 is 1.05 bits per heavy atom.